The summed E-state index contributed by atoms with van der Waals surface area (Å²) >= 11 is 6.02. The molecule has 0 saturated heterocycles. The summed E-state index contributed by atoms with van der Waals surface area (Å²) in [5.74, 6) is -0.0658. The van der Waals surface area contributed by atoms with E-state index in [1.807, 2.05) is 55.4 Å². The molecule has 0 radical (unpaired) electrons. The van der Waals surface area contributed by atoms with Gasteiger partial charge in [-0.15, -0.1) is 0 Å². The average molecular weight is 302 g/mol. The highest BCUT2D eigenvalue weighted by atomic mass is 35.5. The van der Waals surface area contributed by atoms with Crippen LogP contribution in [0.15, 0.2) is 42.5 Å². The standard InChI is InChI=1S/C16H16ClN3O/c1-20(2)12-6-4-11(5-7-12)18-15-13-9-10(17)3-8-14(13)19-16(15)21/h3-9,15,18H,1-2H3,(H,19,21). The number of nitrogens with one attached hydrogen (secondary N) is 2. The van der Waals surface area contributed by atoms with Crippen molar-refractivity contribution in [1.82, 2.24) is 0 Å². The number of amides is 1. The molecular weight excluding hydrogens is 286 g/mol. The maximum atomic E-state index is 12.1. The Labute approximate surface area is 128 Å². The molecular formula is C16H16ClN3O. The van der Waals surface area contributed by atoms with Gasteiger partial charge in [0, 0.05) is 41.7 Å². The second kappa shape index (κ2) is 5.30. The van der Waals surface area contributed by atoms with Crippen molar-refractivity contribution in [3.8, 4) is 0 Å². The molecule has 2 aromatic carbocycles. The molecule has 1 aliphatic heterocycles. The molecule has 0 spiro atoms. The number of fused-ring (bicyclic) bond motifs is 1. The number of hydrogen-bond acceptors (Lipinski definition) is 3. The van der Waals surface area contributed by atoms with Gasteiger partial charge < -0.3 is 15.5 Å². The molecule has 1 aliphatic rings. The lowest BCUT2D eigenvalue weighted by molar-refractivity contribution is -0.116. The fourth-order valence-corrected chi connectivity index (χ4v) is 2.58. The molecule has 1 atom stereocenters. The molecule has 1 heterocycles. The lowest BCUT2D eigenvalue weighted by atomic mass is 10.1. The second-order valence-electron chi connectivity index (χ2n) is 5.24. The summed E-state index contributed by atoms with van der Waals surface area (Å²) in [7, 11) is 3.98. The van der Waals surface area contributed by atoms with Gasteiger partial charge in [-0.1, -0.05) is 11.6 Å². The molecule has 0 aromatic heterocycles. The minimum absolute atomic E-state index is 0.0658. The van der Waals surface area contributed by atoms with Crippen molar-refractivity contribution in [2.75, 3.05) is 29.6 Å². The molecule has 0 fully saturated rings. The Morgan fingerprint density at radius 1 is 1.14 bits per heavy atom. The Morgan fingerprint density at radius 3 is 2.52 bits per heavy atom. The van der Waals surface area contributed by atoms with Crippen LogP contribution in [0.3, 0.4) is 0 Å². The van der Waals surface area contributed by atoms with Crippen LogP contribution in [-0.2, 0) is 4.79 Å². The molecule has 2 aromatic rings. The van der Waals surface area contributed by atoms with Crippen LogP contribution in [0.25, 0.3) is 0 Å². The van der Waals surface area contributed by atoms with Crippen molar-refractivity contribution in [3.05, 3.63) is 53.1 Å². The van der Waals surface area contributed by atoms with Gasteiger partial charge in [0.2, 0.25) is 0 Å². The van der Waals surface area contributed by atoms with E-state index in [-0.39, 0.29) is 5.91 Å². The minimum atomic E-state index is -0.413. The molecule has 2 N–H and O–H groups in total. The Hall–Kier alpha value is -2.20. The molecule has 5 heteroatoms. The number of nitrogens with zero attached hydrogens (tertiary/aromatic N) is 1. The van der Waals surface area contributed by atoms with E-state index in [0.717, 1.165) is 22.6 Å². The molecule has 3 rings (SSSR count). The van der Waals surface area contributed by atoms with Gasteiger partial charge in [0.05, 0.1) is 0 Å². The van der Waals surface area contributed by atoms with Gasteiger partial charge in [0.25, 0.3) is 5.91 Å². The van der Waals surface area contributed by atoms with Crippen LogP contribution in [0.4, 0.5) is 17.1 Å². The van der Waals surface area contributed by atoms with Crippen LogP contribution >= 0.6 is 11.6 Å². The van der Waals surface area contributed by atoms with E-state index in [4.69, 9.17) is 11.6 Å². The third-order valence-corrected chi connectivity index (χ3v) is 3.77. The number of carbonyl (C=O) groups is 1. The van der Waals surface area contributed by atoms with Crippen molar-refractivity contribution in [1.29, 1.82) is 0 Å². The lowest BCUT2D eigenvalue weighted by Crippen LogP contribution is -2.19. The van der Waals surface area contributed by atoms with E-state index in [1.165, 1.54) is 0 Å². The molecule has 4 nitrogen and oxygen atoms in total. The largest absolute Gasteiger partial charge is 0.378 e. The summed E-state index contributed by atoms with van der Waals surface area (Å²) in [6.45, 7) is 0. The molecule has 1 amide bonds. The summed E-state index contributed by atoms with van der Waals surface area (Å²) in [4.78, 5) is 14.1. The van der Waals surface area contributed by atoms with E-state index in [1.54, 1.807) is 6.07 Å². The first-order valence-corrected chi connectivity index (χ1v) is 7.06. The highest BCUT2D eigenvalue weighted by Gasteiger charge is 2.30. The highest BCUT2D eigenvalue weighted by Crippen LogP contribution is 2.35. The maximum Gasteiger partial charge on any atom is 0.251 e. The van der Waals surface area contributed by atoms with Crippen LogP contribution < -0.4 is 15.5 Å². The predicted octanol–water partition coefficient (Wildman–Crippen LogP) is 3.51. The third kappa shape index (κ3) is 2.67. The molecule has 0 aliphatic carbocycles. The summed E-state index contributed by atoms with van der Waals surface area (Å²) in [5.41, 5.74) is 3.70. The number of halogens is 1. The Balaban J connectivity index is 1.85. The van der Waals surface area contributed by atoms with E-state index in [0.29, 0.717) is 5.02 Å². The zero-order chi connectivity index (χ0) is 15.0. The molecule has 108 valence electrons. The molecule has 0 saturated carbocycles. The van der Waals surface area contributed by atoms with Crippen molar-refractivity contribution in [2.24, 2.45) is 0 Å². The summed E-state index contributed by atoms with van der Waals surface area (Å²) in [6, 6.07) is 12.9. The van der Waals surface area contributed by atoms with Crippen LogP contribution in [0.2, 0.25) is 5.02 Å². The first-order chi connectivity index (χ1) is 10.0. The Kier molecular flexibility index (Phi) is 3.47. The van der Waals surface area contributed by atoms with E-state index < -0.39 is 6.04 Å². The fourth-order valence-electron chi connectivity index (χ4n) is 2.40. The van der Waals surface area contributed by atoms with Crippen LogP contribution in [-0.4, -0.2) is 20.0 Å². The average Bonchev–Trinajstić information content (AvgIpc) is 2.76. The van der Waals surface area contributed by atoms with Crippen LogP contribution in [0, 0.1) is 0 Å². The zero-order valence-corrected chi connectivity index (χ0v) is 12.6. The lowest BCUT2D eigenvalue weighted by Gasteiger charge is -2.16. The number of rotatable bonds is 3. The van der Waals surface area contributed by atoms with Gasteiger partial charge in [-0.05, 0) is 42.5 Å². The Bertz CT molecular complexity index is 682. The smallest absolute Gasteiger partial charge is 0.251 e. The van der Waals surface area contributed by atoms with Gasteiger partial charge >= 0.3 is 0 Å². The van der Waals surface area contributed by atoms with Gasteiger partial charge in [0.15, 0.2) is 0 Å². The zero-order valence-electron chi connectivity index (χ0n) is 11.9. The first-order valence-electron chi connectivity index (χ1n) is 6.69. The number of benzene rings is 2. The van der Waals surface area contributed by atoms with Crippen molar-refractivity contribution in [3.63, 3.8) is 0 Å². The number of hydrogen-bond donors (Lipinski definition) is 2. The Morgan fingerprint density at radius 2 is 1.86 bits per heavy atom. The SMILES string of the molecule is CN(C)c1ccc(NC2C(=O)Nc3ccc(Cl)cc32)cc1. The summed E-state index contributed by atoms with van der Waals surface area (Å²) in [5, 5.41) is 6.73. The topological polar surface area (TPSA) is 44.4 Å². The monoisotopic (exact) mass is 301 g/mol. The third-order valence-electron chi connectivity index (χ3n) is 3.54. The summed E-state index contributed by atoms with van der Waals surface area (Å²) < 4.78 is 0. The molecule has 21 heavy (non-hydrogen) atoms. The van der Waals surface area contributed by atoms with Crippen LogP contribution in [0.5, 0.6) is 0 Å². The van der Waals surface area contributed by atoms with E-state index in [9.17, 15) is 4.79 Å². The number of anilines is 3. The highest BCUT2D eigenvalue weighted by molar-refractivity contribution is 6.31. The predicted molar refractivity (Wildman–Crippen MR) is 87.2 cm³/mol. The van der Waals surface area contributed by atoms with Crippen molar-refractivity contribution in [2.45, 2.75) is 6.04 Å². The van der Waals surface area contributed by atoms with Crippen molar-refractivity contribution < 1.29 is 4.79 Å². The quantitative estimate of drug-likeness (QED) is 0.912. The van der Waals surface area contributed by atoms with Crippen molar-refractivity contribution >= 4 is 34.6 Å². The van der Waals surface area contributed by atoms with Gasteiger partial charge in [-0.3, -0.25) is 4.79 Å². The first kappa shape index (κ1) is 13.8. The normalized spacial score (nSPS) is 16.3. The second-order valence-corrected chi connectivity index (χ2v) is 5.68. The fraction of sp³-hybridized carbons (Fsp3) is 0.188. The van der Waals surface area contributed by atoms with Gasteiger partial charge in [-0.2, -0.15) is 0 Å². The van der Waals surface area contributed by atoms with Crippen LogP contribution in [0.1, 0.15) is 11.6 Å². The number of carbonyl (C=O) groups excluding carboxylic acids is 1. The molecule has 0 bridgehead atoms. The van der Waals surface area contributed by atoms with E-state index in [2.05, 4.69) is 10.6 Å². The van der Waals surface area contributed by atoms with Gasteiger partial charge in [0.1, 0.15) is 6.04 Å². The van der Waals surface area contributed by atoms with E-state index >= 15 is 0 Å². The maximum absolute atomic E-state index is 12.1. The summed E-state index contributed by atoms with van der Waals surface area (Å²) in [6.07, 6.45) is 0. The minimum Gasteiger partial charge on any atom is -0.378 e. The molecule has 1 unspecified atom stereocenters. The van der Waals surface area contributed by atoms with Gasteiger partial charge in [-0.25, -0.2) is 0 Å².